The molecule has 0 radical (unpaired) electrons. The number of hydrogen-bond donors (Lipinski definition) is 3. The van der Waals surface area contributed by atoms with E-state index in [1.54, 1.807) is 4.72 Å². The first kappa shape index (κ1) is 16.0. The zero-order chi connectivity index (χ0) is 15.7. The summed E-state index contributed by atoms with van der Waals surface area (Å²) in [6.45, 7) is 1.09. The van der Waals surface area contributed by atoms with E-state index >= 15 is 0 Å². The first-order chi connectivity index (χ1) is 9.06. The van der Waals surface area contributed by atoms with Gasteiger partial charge in [0.05, 0.1) is 11.6 Å². The van der Waals surface area contributed by atoms with Gasteiger partial charge in [-0.2, -0.15) is 4.72 Å². The Balaban J connectivity index is 3.38. The van der Waals surface area contributed by atoms with Gasteiger partial charge in [0.15, 0.2) is 11.6 Å². The lowest BCUT2D eigenvalue weighted by Gasteiger charge is -2.12. The van der Waals surface area contributed by atoms with Crippen molar-refractivity contribution in [1.29, 1.82) is 0 Å². The van der Waals surface area contributed by atoms with Crippen LogP contribution in [0.4, 0.5) is 8.78 Å². The molecule has 4 N–H and O–H groups in total. The molecule has 10 heteroatoms. The quantitative estimate of drug-likeness (QED) is 0.695. The molecule has 0 heterocycles. The van der Waals surface area contributed by atoms with Crippen molar-refractivity contribution in [3.63, 3.8) is 0 Å². The second-order valence-corrected chi connectivity index (χ2v) is 5.50. The number of carbonyl (C=O) groups excluding carboxylic acids is 1. The molecule has 0 aromatic heterocycles. The number of nitrogens with two attached hydrogens (primary N) is 1. The molecule has 0 spiro atoms. The van der Waals surface area contributed by atoms with Gasteiger partial charge in [-0.1, -0.05) is 0 Å². The van der Waals surface area contributed by atoms with Crippen molar-refractivity contribution in [2.45, 2.75) is 17.9 Å². The number of rotatable bonds is 5. The minimum absolute atomic E-state index is 0.341. The average molecular weight is 308 g/mol. The van der Waals surface area contributed by atoms with Gasteiger partial charge < -0.3 is 10.8 Å². The fourth-order valence-electron chi connectivity index (χ4n) is 1.24. The highest BCUT2D eigenvalue weighted by molar-refractivity contribution is 7.89. The van der Waals surface area contributed by atoms with E-state index in [-0.39, 0.29) is 0 Å². The molecule has 110 valence electrons. The Morgan fingerprint density at radius 2 is 1.90 bits per heavy atom. The summed E-state index contributed by atoms with van der Waals surface area (Å²) < 4.78 is 52.0. The summed E-state index contributed by atoms with van der Waals surface area (Å²) >= 11 is 0. The second-order valence-electron chi connectivity index (χ2n) is 3.82. The Labute approximate surface area is 112 Å². The van der Waals surface area contributed by atoms with E-state index in [4.69, 9.17) is 10.8 Å². The Morgan fingerprint density at radius 1 is 1.35 bits per heavy atom. The lowest BCUT2D eigenvalue weighted by Crippen LogP contribution is -2.42. The van der Waals surface area contributed by atoms with Gasteiger partial charge in [0, 0.05) is 0 Å². The fourth-order valence-corrected chi connectivity index (χ4v) is 2.56. The third-order valence-electron chi connectivity index (χ3n) is 2.29. The highest BCUT2D eigenvalue weighted by Gasteiger charge is 2.27. The van der Waals surface area contributed by atoms with Crippen molar-refractivity contribution in [2.75, 3.05) is 0 Å². The van der Waals surface area contributed by atoms with E-state index in [0.717, 1.165) is 6.92 Å². The topological polar surface area (TPSA) is 127 Å². The Hall–Kier alpha value is -2.07. The van der Waals surface area contributed by atoms with Crippen LogP contribution in [0.25, 0.3) is 0 Å². The molecule has 1 rings (SSSR count). The van der Waals surface area contributed by atoms with Crippen molar-refractivity contribution >= 4 is 21.9 Å². The van der Waals surface area contributed by atoms with Crippen LogP contribution in [0.3, 0.4) is 0 Å². The minimum atomic E-state index is -4.64. The van der Waals surface area contributed by atoms with E-state index in [0.29, 0.717) is 12.1 Å². The van der Waals surface area contributed by atoms with Crippen molar-refractivity contribution in [1.82, 2.24) is 4.72 Å². The highest BCUT2D eigenvalue weighted by Crippen LogP contribution is 2.20. The predicted molar refractivity (Wildman–Crippen MR) is 62.3 cm³/mol. The minimum Gasteiger partial charge on any atom is -0.478 e. The molecular formula is C10H10F2N2O5S. The Morgan fingerprint density at radius 3 is 2.35 bits per heavy atom. The summed E-state index contributed by atoms with van der Waals surface area (Å²) in [6.07, 6.45) is 0. The van der Waals surface area contributed by atoms with Gasteiger partial charge in [0.25, 0.3) is 0 Å². The lowest BCUT2D eigenvalue weighted by atomic mass is 10.2. The van der Waals surface area contributed by atoms with Crippen LogP contribution in [0.15, 0.2) is 17.0 Å². The van der Waals surface area contributed by atoms with Crippen LogP contribution in [0.2, 0.25) is 0 Å². The van der Waals surface area contributed by atoms with Crippen LogP contribution in [0.5, 0.6) is 0 Å². The standard InChI is InChI=1S/C10H10F2N2O5S/c1-4(9(13)15)14-20(18,19)7-3-5(10(16)17)2-6(11)8(7)12/h2-4,14H,1H3,(H2,13,15)(H,16,17). The monoisotopic (exact) mass is 308 g/mol. The average Bonchev–Trinajstić information content (AvgIpc) is 2.31. The van der Waals surface area contributed by atoms with Crippen LogP contribution in [0.1, 0.15) is 17.3 Å². The van der Waals surface area contributed by atoms with Gasteiger partial charge in [0.2, 0.25) is 15.9 Å². The number of carboxylic acids is 1. The molecule has 1 unspecified atom stereocenters. The highest BCUT2D eigenvalue weighted by atomic mass is 32.2. The molecule has 20 heavy (non-hydrogen) atoms. The molecule has 0 aliphatic carbocycles. The van der Waals surface area contributed by atoms with Gasteiger partial charge in [-0.15, -0.1) is 0 Å². The number of nitrogens with one attached hydrogen (secondary N) is 1. The Bertz CT molecular complexity index is 674. The summed E-state index contributed by atoms with van der Waals surface area (Å²) in [5.41, 5.74) is 4.09. The third-order valence-corrected chi connectivity index (χ3v) is 3.83. The maximum absolute atomic E-state index is 13.5. The maximum Gasteiger partial charge on any atom is 0.335 e. The van der Waals surface area contributed by atoms with Gasteiger partial charge >= 0.3 is 5.97 Å². The fraction of sp³-hybridized carbons (Fsp3) is 0.200. The first-order valence-corrected chi connectivity index (χ1v) is 6.58. The van der Waals surface area contributed by atoms with Crippen molar-refractivity contribution in [3.05, 3.63) is 29.3 Å². The van der Waals surface area contributed by atoms with E-state index in [9.17, 15) is 26.8 Å². The maximum atomic E-state index is 13.5. The number of benzene rings is 1. The normalized spacial score (nSPS) is 12.9. The molecular weight excluding hydrogens is 298 g/mol. The van der Waals surface area contributed by atoms with E-state index < -0.39 is 50.0 Å². The van der Waals surface area contributed by atoms with Crippen molar-refractivity contribution in [3.8, 4) is 0 Å². The van der Waals surface area contributed by atoms with Gasteiger partial charge in [-0.3, -0.25) is 4.79 Å². The van der Waals surface area contributed by atoms with Crippen LogP contribution in [-0.4, -0.2) is 31.4 Å². The number of primary amides is 1. The number of carbonyl (C=O) groups is 2. The van der Waals surface area contributed by atoms with Crippen LogP contribution < -0.4 is 10.5 Å². The van der Waals surface area contributed by atoms with E-state index in [2.05, 4.69) is 0 Å². The number of amides is 1. The molecule has 1 amide bonds. The number of sulfonamides is 1. The van der Waals surface area contributed by atoms with E-state index in [1.807, 2.05) is 0 Å². The molecule has 0 saturated heterocycles. The van der Waals surface area contributed by atoms with E-state index in [1.165, 1.54) is 0 Å². The SMILES string of the molecule is CC(NS(=O)(=O)c1cc(C(=O)O)cc(F)c1F)C(N)=O. The molecule has 1 atom stereocenters. The molecule has 0 aliphatic rings. The van der Waals surface area contributed by atoms with Crippen LogP contribution >= 0.6 is 0 Å². The van der Waals surface area contributed by atoms with Gasteiger partial charge in [-0.05, 0) is 19.1 Å². The summed E-state index contributed by atoms with van der Waals surface area (Å²) in [4.78, 5) is 20.2. The molecule has 7 nitrogen and oxygen atoms in total. The zero-order valence-electron chi connectivity index (χ0n) is 10.1. The van der Waals surface area contributed by atoms with Crippen LogP contribution in [-0.2, 0) is 14.8 Å². The second kappa shape index (κ2) is 5.51. The summed E-state index contributed by atoms with van der Waals surface area (Å²) in [5.74, 6) is -6.07. The zero-order valence-corrected chi connectivity index (χ0v) is 10.9. The molecule has 0 aliphatic heterocycles. The number of halogens is 2. The van der Waals surface area contributed by atoms with Gasteiger partial charge in [0.1, 0.15) is 4.90 Å². The third kappa shape index (κ3) is 3.27. The summed E-state index contributed by atoms with van der Waals surface area (Å²) in [6, 6.07) is -0.596. The number of aromatic carboxylic acids is 1. The molecule has 0 saturated carbocycles. The molecule has 0 fully saturated rings. The smallest absolute Gasteiger partial charge is 0.335 e. The molecule has 0 bridgehead atoms. The number of carboxylic acid groups (broad SMARTS) is 1. The first-order valence-electron chi connectivity index (χ1n) is 5.10. The Kier molecular flexibility index (Phi) is 4.40. The predicted octanol–water partition coefficient (Wildman–Crippen LogP) is -0.185. The summed E-state index contributed by atoms with van der Waals surface area (Å²) in [7, 11) is -4.64. The molecule has 1 aromatic rings. The molecule has 1 aromatic carbocycles. The van der Waals surface area contributed by atoms with Gasteiger partial charge in [-0.25, -0.2) is 22.0 Å². The lowest BCUT2D eigenvalue weighted by molar-refractivity contribution is -0.119. The summed E-state index contributed by atoms with van der Waals surface area (Å²) in [5, 5.41) is 8.68. The largest absolute Gasteiger partial charge is 0.478 e. The van der Waals surface area contributed by atoms with Crippen molar-refractivity contribution in [2.24, 2.45) is 5.73 Å². The van der Waals surface area contributed by atoms with Crippen LogP contribution in [0, 0.1) is 11.6 Å². The van der Waals surface area contributed by atoms with Crippen molar-refractivity contribution < 1.29 is 31.9 Å². The number of hydrogen-bond acceptors (Lipinski definition) is 4.